The summed E-state index contributed by atoms with van der Waals surface area (Å²) in [7, 11) is 0. The second-order valence-corrected chi connectivity index (χ2v) is 7.00. The van der Waals surface area contributed by atoms with Crippen molar-refractivity contribution >= 4 is 23.6 Å². The number of nitrogens with one attached hydrogen (secondary N) is 1. The third-order valence-corrected chi connectivity index (χ3v) is 5.24. The van der Waals surface area contributed by atoms with E-state index in [2.05, 4.69) is 19.0 Å². The number of urea groups is 1. The molecule has 0 saturated carbocycles. The van der Waals surface area contributed by atoms with E-state index in [-0.39, 0.29) is 12.1 Å². The molecule has 27 heavy (non-hydrogen) atoms. The maximum atomic E-state index is 12.9. The van der Waals surface area contributed by atoms with Crippen molar-refractivity contribution in [2.75, 3.05) is 31.1 Å². The van der Waals surface area contributed by atoms with Crippen LogP contribution in [0.25, 0.3) is 0 Å². The van der Waals surface area contributed by atoms with E-state index in [1.807, 2.05) is 65.6 Å². The molecular weight excluding hydrogens is 358 g/mol. The van der Waals surface area contributed by atoms with Crippen molar-refractivity contribution in [3.05, 3.63) is 78.0 Å². The van der Waals surface area contributed by atoms with Crippen molar-refractivity contribution in [1.82, 2.24) is 19.0 Å². The highest BCUT2D eigenvalue weighted by Crippen LogP contribution is 2.22. The zero-order valence-electron chi connectivity index (χ0n) is 14.9. The number of carbonyl (C=O) groups excluding carboxylic acids is 1. The van der Waals surface area contributed by atoms with Crippen molar-refractivity contribution in [2.24, 2.45) is 0 Å². The van der Waals surface area contributed by atoms with Crippen LogP contribution in [-0.2, 0) is 0 Å². The zero-order chi connectivity index (χ0) is 18.5. The standard InChI is InChI=1S/C20H21N5OS/c26-20(25-13-11-24(12-14-25)18-15-21-27-23-18)22-19(16-7-3-1-4-8-16)17-9-5-2-6-10-17/h1-10,15,19H,11-14H2,(H,22,26). The van der Waals surface area contributed by atoms with Crippen LogP contribution >= 0.6 is 11.7 Å². The Morgan fingerprint density at radius 1 is 0.926 bits per heavy atom. The van der Waals surface area contributed by atoms with Crippen molar-refractivity contribution in [2.45, 2.75) is 6.04 Å². The molecule has 2 heterocycles. The summed E-state index contributed by atoms with van der Waals surface area (Å²) in [5, 5.41) is 3.21. The van der Waals surface area contributed by atoms with Gasteiger partial charge in [0.05, 0.1) is 24.0 Å². The van der Waals surface area contributed by atoms with E-state index in [1.165, 1.54) is 11.7 Å². The number of piperazine rings is 1. The minimum Gasteiger partial charge on any atom is -0.351 e. The molecule has 6 nitrogen and oxygen atoms in total. The van der Waals surface area contributed by atoms with Gasteiger partial charge in [0.1, 0.15) is 0 Å². The minimum absolute atomic E-state index is 0.0382. The Balaban J connectivity index is 1.45. The molecule has 0 unspecified atom stereocenters. The van der Waals surface area contributed by atoms with E-state index in [9.17, 15) is 4.79 Å². The molecule has 1 fully saturated rings. The van der Waals surface area contributed by atoms with Crippen LogP contribution in [0.15, 0.2) is 66.9 Å². The number of hydrogen-bond donors (Lipinski definition) is 1. The number of hydrogen-bond acceptors (Lipinski definition) is 5. The Kier molecular flexibility index (Phi) is 5.29. The summed E-state index contributed by atoms with van der Waals surface area (Å²) in [6, 6.07) is 19.9. The molecule has 1 aliphatic rings. The van der Waals surface area contributed by atoms with Gasteiger partial charge in [-0.15, -0.1) is 0 Å². The summed E-state index contributed by atoms with van der Waals surface area (Å²) in [6.07, 6.45) is 1.78. The zero-order valence-corrected chi connectivity index (χ0v) is 15.7. The molecule has 2 amide bonds. The number of benzene rings is 2. The summed E-state index contributed by atoms with van der Waals surface area (Å²) in [4.78, 5) is 17.0. The molecule has 0 spiro atoms. The first kappa shape index (κ1) is 17.5. The van der Waals surface area contributed by atoms with Gasteiger partial charge in [-0.3, -0.25) is 0 Å². The van der Waals surface area contributed by atoms with Crippen LogP contribution in [-0.4, -0.2) is 45.9 Å². The first-order valence-electron chi connectivity index (χ1n) is 8.99. The van der Waals surface area contributed by atoms with Gasteiger partial charge < -0.3 is 15.1 Å². The number of aromatic nitrogens is 2. The van der Waals surface area contributed by atoms with Gasteiger partial charge in [-0.25, -0.2) is 4.79 Å². The predicted octanol–water partition coefficient (Wildman–Crippen LogP) is 3.16. The highest BCUT2D eigenvalue weighted by Gasteiger charge is 2.25. The van der Waals surface area contributed by atoms with E-state index in [4.69, 9.17) is 0 Å². The molecule has 4 rings (SSSR count). The highest BCUT2D eigenvalue weighted by molar-refractivity contribution is 6.99. The van der Waals surface area contributed by atoms with Crippen molar-refractivity contribution in [1.29, 1.82) is 0 Å². The number of nitrogens with zero attached hydrogens (tertiary/aromatic N) is 4. The molecule has 0 aliphatic carbocycles. The summed E-state index contributed by atoms with van der Waals surface area (Å²) < 4.78 is 8.33. The third kappa shape index (κ3) is 4.09. The van der Waals surface area contributed by atoms with Gasteiger partial charge in [-0.2, -0.15) is 8.75 Å². The van der Waals surface area contributed by atoms with Crippen molar-refractivity contribution in [3.63, 3.8) is 0 Å². The van der Waals surface area contributed by atoms with Crippen LogP contribution in [0.4, 0.5) is 10.6 Å². The average molecular weight is 379 g/mol. The van der Waals surface area contributed by atoms with Crippen LogP contribution in [0.2, 0.25) is 0 Å². The fraction of sp³-hybridized carbons (Fsp3) is 0.250. The number of rotatable bonds is 4. The number of carbonyl (C=O) groups is 1. The van der Waals surface area contributed by atoms with Gasteiger partial charge in [0.15, 0.2) is 5.82 Å². The van der Waals surface area contributed by atoms with Crippen LogP contribution < -0.4 is 10.2 Å². The van der Waals surface area contributed by atoms with Gasteiger partial charge in [-0.05, 0) is 11.1 Å². The molecule has 1 aromatic heterocycles. The summed E-state index contributed by atoms with van der Waals surface area (Å²) >= 11 is 1.21. The fourth-order valence-corrected chi connectivity index (χ4v) is 3.74. The molecule has 0 radical (unpaired) electrons. The van der Waals surface area contributed by atoms with Crippen LogP contribution in [0.1, 0.15) is 17.2 Å². The molecule has 3 aromatic rings. The largest absolute Gasteiger partial charge is 0.351 e. The molecule has 0 bridgehead atoms. The van der Waals surface area contributed by atoms with E-state index in [0.29, 0.717) is 13.1 Å². The molecule has 2 aromatic carbocycles. The molecule has 1 saturated heterocycles. The quantitative estimate of drug-likeness (QED) is 0.756. The SMILES string of the molecule is O=C(NC(c1ccccc1)c1ccccc1)N1CCN(c2cnsn2)CC1. The molecule has 0 atom stereocenters. The molecule has 1 aliphatic heterocycles. The number of amides is 2. The first-order chi connectivity index (χ1) is 13.3. The van der Waals surface area contributed by atoms with E-state index in [1.54, 1.807) is 6.20 Å². The molecule has 7 heteroatoms. The van der Waals surface area contributed by atoms with Crippen molar-refractivity contribution in [3.8, 4) is 0 Å². The lowest BCUT2D eigenvalue weighted by atomic mass is 9.99. The topological polar surface area (TPSA) is 61.4 Å². The van der Waals surface area contributed by atoms with Gasteiger partial charge >= 0.3 is 6.03 Å². The van der Waals surface area contributed by atoms with Gasteiger partial charge in [0, 0.05) is 26.2 Å². The van der Waals surface area contributed by atoms with Gasteiger partial charge in [-0.1, -0.05) is 60.7 Å². The monoisotopic (exact) mass is 379 g/mol. The Morgan fingerprint density at radius 2 is 1.52 bits per heavy atom. The van der Waals surface area contributed by atoms with Crippen LogP contribution in [0.3, 0.4) is 0 Å². The lowest BCUT2D eigenvalue weighted by molar-refractivity contribution is 0.192. The summed E-state index contributed by atoms with van der Waals surface area (Å²) in [5.74, 6) is 0.895. The third-order valence-electron chi connectivity index (χ3n) is 4.77. The fourth-order valence-electron chi connectivity index (χ4n) is 3.30. The lowest BCUT2D eigenvalue weighted by Crippen LogP contribution is -2.52. The molecule has 1 N–H and O–H groups in total. The summed E-state index contributed by atoms with van der Waals surface area (Å²) in [6.45, 7) is 2.86. The average Bonchev–Trinajstić information content (AvgIpc) is 3.28. The maximum Gasteiger partial charge on any atom is 0.318 e. The Labute approximate surface area is 162 Å². The van der Waals surface area contributed by atoms with Gasteiger partial charge in [0.25, 0.3) is 0 Å². The van der Waals surface area contributed by atoms with Gasteiger partial charge in [0.2, 0.25) is 0 Å². The number of anilines is 1. The van der Waals surface area contributed by atoms with E-state index in [0.717, 1.165) is 30.0 Å². The lowest BCUT2D eigenvalue weighted by Gasteiger charge is -2.35. The van der Waals surface area contributed by atoms with Crippen LogP contribution in [0, 0.1) is 0 Å². The maximum absolute atomic E-state index is 12.9. The van der Waals surface area contributed by atoms with E-state index >= 15 is 0 Å². The molecular formula is C20H21N5OS. The molecule has 138 valence electrons. The van der Waals surface area contributed by atoms with Crippen molar-refractivity contribution < 1.29 is 4.79 Å². The summed E-state index contributed by atoms with van der Waals surface area (Å²) in [5.41, 5.74) is 2.15. The predicted molar refractivity (Wildman–Crippen MR) is 107 cm³/mol. The Hall–Kier alpha value is -2.93. The minimum atomic E-state index is -0.166. The van der Waals surface area contributed by atoms with Crippen LogP contribution in [0.5, 0.6) is 0 Å². The Morgan fingerprint density at radius 3 is 2.04 bits per heavy atom. The second-order valence-electron chi connectivity index (χ2n) is 6.44. The highest BCUT2D eigenvalue weighted by atomic mass is 32.1. The first-order valence-corrected chi connectivity index (χ1v) is 9.72. The Bertz CT molecular complexity index is 809. The second kappa shape index (κ2) is 8.18. The normalized spacial score (nSPS) is 14.4. The van der Waals surface area contributed by atoms with E-state index < -0.39 is 0 Å². The smallest absolute Gasteiger partial charge is 0.318 e.